The lowest BCUT2D eigenvalue weighted by Gasteiger charge is -2.39. The summed E-state index contributed by atoms with van der Waals surface area (Å²) in [4.78, 5) is 48.1. The Kier molecular flexibility index (Phi) is 11.6. The van der Waals surface area contributed by atoms with Crippen molar-refractivity contribution in [3.8, 4) is 5.75 Å². The third-order valence-electron chi connectivity index (χ3n) is 8.54. The van der Waals surface area contributed by atoms with Crippen LogP contribution in [0, 0.1) is 13.8 Å². The van der Waals surface area contributed by atoms with Crippen LogP contribution in [0.5, 0.6) is 5.75 Å². The van der Waals surface area contributed by atoms with Crippen LogP contribution in [0.2, 0.25) is 0 Å². The summed E-state index contributed by atoms with van der Waals surface area (Å²) in [6.45, 7) is 17.1. The molecule has 0 unspecified atom stereocenters. The van der Waals surface area contributed by atoms with E-state index in [0.29, 0.717) is 47.4 Å². The van der Waals surface area contributed by atoms with Crippen molar-refractivity contribution in [1.29, 1.82) is 0 Å². The van der Waals surface area contributed by atoms with Crippen LogP contribution in [-0.4, -0.2) is 84.6 Å². The molecular formula is C37H49N5O5. The molecule has 252 valence electrons. The number of ether oxygens (including phenoxy) is 2. The third kappa shape index (κ3) is 9.32. The number of hydrogen-bond acceptors (Lipinski definition) is 7. The van der Waals surface area contributed by atoms with Gasteiger partial charge in [-0.3, -0.25) is 14.6 Å². The number of likely N-dealkylation sites (tertiary alicyclic amines) is 1. The molecule has 0 bridgehead atoms. The van der Waals surface area contributed by atoms with Crippen LogP contribution in [0.3, 0.4) is 0 Å². The van der Waals surface area contributed by atoms with Crippen molar-refractivity contribution in [2.45, 2.75) is 72.2 Å². The minimum atomic E-state index is -0.591. The van der Waals surface area contributed by atoms with Gasteiger partial charge in [-0.1, -0.05) is 24.8 Å². The second kappa shape index (κ2) is 15.4. The second-order valence-corrected chi connectivity index (χ2v) is 13.3. The number of aliphatic imine (C=N–C) groups is 1. The van der Waals surface area contributed by atoms with Crippen LogP contribution in [0.25, 0.3) is 10.9 Å². The van der Waals surface area contributed by atoms with Gasteiger partial charge in [0.1, 0.15) is 11.4 Å². The number of fused-ring (bicyclic) bond motifs is 1. The summed E-state index contributed by atoms with van der Waals surface area (Å²) in [7, 11) is 3.22. The highest BCUT2D eigenvalue weighted by molar-refractivity contribution is 6.06. The molecule has 1 N–H and O–H groups in total. The van der Waals surface area contributed by atoms with Gasteiger partial charge < -0.3 is 29.2 Å². The number of rotatable bonds is 11. The van der Waals surface area contributed by atoms with Gasteiger partial charge in [0.05, 0.1) is 18.2 Å². The predicted molar refractivity (Wildman–Crippen MR) is 188 cm³/mol. The van der Waals surface area contributed by atoms with E-state index in [0.717, 1.165) is 31.5 Å². The zero-order chi connectivity index (χ0) is 34.3. The predicted octanol–water partition coefficient (Wildman–Crippen LogP) is 5.52. The van der Waals surface area contributed by atoms with Gasteiger partial charge in [-0.15, -0.1) is 0 Å². The summed E-state index contributed by atoms with van der Waals surface area (Å²) in [5.74, 6) is 0.245. The molecule has 1 saturated heterocycles. The van der Waals surface area contributed by atoms with Gasteiger partial charge in [0.2, 0.25) is 0 Å². The van der Waals surface area contributed by atoms with Gasteiger partial charge in [-0.05, 0) is 81.9 Å². The van der Waals surface area contributed by atoms with E-state index in [1.165, 1.54) is 17.2 Å². The van der Waals surface area contributed by atoms with Gasteiger partial charge in [-0.25, -0.2) is 4.79 Å². The van der Waals surface area contributed by atoms with Crippen molar-refractivity contribution in [3.63, 3.8) is 0 Å². The first-order chi connectivity index (χ1) is 22.3. The molecule has 1 fully saturated rings. The molecule has 4 rings (SSSR count). The fraction of sp³-hybridized carbons (Fsp3) is 0.459. The maximum Gasteiger partial charge on any atom is 0.410 e. The number of aromatic nitrogens is 1. The Hall–Kier alpha value is -4.44. The molecular weight excluding hydrogens is 594 g/mol. The summed E-state index contributed by atoms with van der Waals surface area (Å²) in [5, 5.41) is 3.50. The number of nitrogens with one attached hydrogen (secondary N) is 1. The minimum Gasteiger partial charge on any atom is -0.497 e. The Labute approximate surface area is 278 Å². The van der Waals surface area contributed by atoms with Gasteiger partial charge in [0.15, 0.2) is 0 Å². The lowest BCUT2D eigenvalue weighted by atomic mass is 10.0. The summed E-state index contributed by atoms with van der Waals surface area (Å²) in [6, 6.07) is 13.2. The number of carbonyl (C=O) groups excluding carboxylic acids is 2. The van der Waals surface area contributed by atoms with Gasteiger partial charge in [-0.2, -0.15) is 0 Å². The van der Waals surface area contributed by atoms with Crippen molar-refractivity contribution in [1.82, 2.24) is 19.7 Å². The Morgan fingerprint density at radius 3 is 2.43 bits per heavy atom. The topological polar surface area (TPSA) is 105 Å². The summed E-state index contributed by atoms with van der Waals surface area (Å²) >= 11 is 0. The van der Waals surface area contributed by atoms with Gasteiger partial charge in [0.25, 0.3) is 11.5 Å². The largest absolute Gasteiger partial charge is 0.497 e. The van der Waals surface area contributed by atoms with Crippen LogP contribution >= 0.6 is 0 Å². The van der Waals surface area contributed by atoms with E-state index < -0.39 is 5.60 Å². The second-order valence-electron chi connectivity index (χ2n) is 13.3. The number of piperidine rings is 1. The van der Waals surface area contributed by atoms with E-state index >= 15 is 0 Å². The first kappa shape index (κ1) is 35.4. The molecule has 1 aliphatic rings. The zero-order valence-electron chi connectivity index (χ0n) is 28.9. The molecule has 10 nitrogen and oxygen atoms in total. The highest BCUT2D eigenvalue weighted by atomic mass is 16.6. The van der Waals surface area contributed by atoms with Crippen LogP contribution in [0.4, 0.5) is 4.79 Å². The van der Waals surface area contributed by atoms with Crippen molar-refractivity contribution in [2.24, 2.45) is 4.99 Å². The Morgan fingerprint density at radius 2 is 1.79 bits per heavy atom. The van der Waals surface area contributed by atoms with Crippen LogP contribution in [0.15, 0.2) is 64.4 Å². The number of pyridine rings is 1. The van der Waals surface area contributed by atoms with Crippen LogP contribution in [-0.2, 0) is 17.8 Å². The third-order valence-corrected chi connectivity index (χ3v) is 8.54. The van der Waals surface area contributed by atoms with E-state index in [4.69, 9.17) is 9.47 Å². The fourth-order valence-electron chi connectivity index (χ4n) is 5.88. The van der Waals surface area contributed by atoms with Crippen molar-refractivity contribution < 1.29 is 19.1 Å². The first-order valence-corrected chi connectivity index (χ1v) is 16.2. The SMILES string of the molecule is C=C(C=NC)CNC(=O)c1cc(=O)n(CCN2CCC(N(Cc3ccc(C)c(C)c3)C(=O)OC(C)(C)C)CC2)c2cc(OC)ccc12. The summed E-state index contributed by atoms with van der Waals surface area (Å²) in [5.41, 5.74) is 4.24. The van der Waals surface area contributed by atoms with E-state index in [9.17, 15) is 14.4 Å². The molecule has 1 aromatic heterocycles. The van der Waals surface area contributed by atoms with Crippen molar-refractivity contribution in [2.75, 3.05) is 40.3 Å². The van der Waals surface area contributed by atoms with Crippen molar-refractivity contribution in [3.05, 3.63) is 87.2 Å². The lowest BCUT2D eigenvalue weighted by Crippen LogP contribution is -2.49. The van der Waals surface area contributed by atoms with Crippen LogP contribution < -0.4 is 15.6 Å². The van der Waals surface area contributed by atoms with E-state index in [-0.39, 0.29) is 30.1 Å². The quantitative estimate of drug-likeness (QED) is 0.276. The number of benzene rings is 2. The lowest BCUT2D eigenvalue weighted by molar-refractivity contribution is 0.00565. The molecule has 2 heterocycles. The minimum absolute atomic E-state index is 0.0352. The number of carbonyl (C=O) groups is 2. The molecule has 47 heavy (non-hydrogen) atoms. The number of methoxy groups -OCH3 is 1. The first-order valence-electron chi connectivity index (χ1n) is 16.2. The Balaban J connectivity index is 1.48. The molecule has 3 aromatic rings. The molecule has 0 radical (unpaired) electrons. The number of hydrogen-bond donors (Lipinski definition) is 1. The number of nitrogens with zero attached hydrogens (tertiary/aromatic N) is 4. The van der Waals surface area contributed by atoms with Crippen molar-refractivity contribution >= 4 is 29.1 Å². The Morgan fingerprint density at radius 1 is 1.06 bits per heavy atom. The average molecular weight is 644 g/mol. The average Bonchev–Trinajstić information content (AvgIpc) is 3.02. The smallest absolute Gasteiger partial charge is 0.410 e. The maximum absolute atomic E-state index is 13.4. The van der Waals surface area contributed by atoms with E-state index in [1.54, 1.807) is 37.1 Å². The number of amides is 2. The molecule has 2 amide bonds. The molecule has 10 heteroatoms. The molecule has 0 saturated carbocycles. The fourth-order valence-corrected chi connectivity index (χ4v) is 5.88. The monoisotopic (exact) mass is 643 g/mol. The highest BCUT2D eigenvalue weighted by Crippen LogP contribution is 2.25. The molecule has 2 aromatic carbocycles. The van der Waals surface area contributed by atoms with E-state index in [1.807, 2.05) is 31.7 Å². The highest BCUT2D eigenvalue weighted by Gasteiger charge is 2.31. The zero-order valence-corrected chi connectivity index (χ0v) is 28.9. The summed E-state index contributed by atoms with van der Waals surface area (Å²) in [6.07, 6.45) is 2.87. The number of aryl methyl sites for hydroxylation is 2. The normalized spacial score (nSPS) is 14.4. The van der Waals surface area contributed by atoms with E-state index in [2.05, 4.69) is 53.8 Å². The molecule has 0 aliphatic carbocycles. The molecule has 1 aliphatic heterocycles. The Bertz CT molecular complexity index is 1700. The van der Waals surface area contributed by atoms with Gasteiger partial charge >= 0.3 is 6.09 Å². The van der Waals surface area contributed by atoms with Gasteiger partial charge in [0, 0.05) is 76.1 Å². The molecule has 0 spiro atoms. The van der Waals surface area contributed by atoms with Crippen LogP contribution in [0.1, 0.15) is 60.7 Å². The maximum atomic E-state index is 13.4. The standard InChI is InChI=1S/C37H49N5O5/c1-25(22-38-7)23-39-35(44)32-21-34(43)41(33-20-30(46-8)11-12-31(32)33)18-17-40-15-13-29(14-16-40)42(36(45)47-37(4,5)6)24-28-10-9-26(2)27(3)19-28/h9-12,19-22,29H,1,13-18,23-24H2,2-8H3,(H,39,44). The summed E-state index contributed by atoms with van der Waals surface area (Å²) < 4.78 is 13.0. The molecule has 0 atom stereocenters.